The van der Waals surface area contributed by atoms with Gasteiger partial charge in [-0.1, -0.05) is 59.6 Å². The lowest BCUT2D eigenvalue weighted by Crippen LogP contribution is -2.47. The largest absolute Gasteiger partial charge is 0.481 e. The zero-order chi connectivity index (χ0) is 33.5. The molecule has 1 N–H and O–H groups in total. The van der Waals surface area contributed by atoms with Crippen LogP contribution in [0.25, 0.3) is 22.4 Å². The Morgan fingerprint density at radius 3 is 2.33 bits per heavy atom. The molecule has 2 aromatic carbocycles. The average molecular weight is 689 g/mol. The first-order valence-electron chi connectivity index (χ1n) is 16.4. The van der Waals surface area contributed by atoms with Gasteiger partial charge in [-0.05, 0) is 32.0 Å². The van der Waals surface area contributed by atoms with E-state index in [0.29, 0.717) is 64.4 Å². The van der Waals surface area contributed by atoms with Crippen LogP contribution >= 0.6 is 23.2 Å². The lowest BCUT2D eigenvalue weighted by atomic mass is 10.00. The molecule has 0 spiro atoms. The highest BCUT2D eigenvalue weighted by Crippen LogP contribution is 2.42. The number of nitrogens with one attached hydrogen (secondary N) is 1. The van der Waals surface area contributed by atoms with Gasteiger partial charge >= 0.3 is 0 Å². The number of ether oxygens (including phenoxy) is 1. The van der Waals surface area contributed by atoms with Gasteiger partial charge in [-0.25, -0.2) is 9.97 Å². The second-order valence-corrected chi connectivity index (χ2v) is 13.6. The molecular formula is C36H39Cl2N7O3. The summed E-state index contributed by atoms with van der Waals surface area (Å²) in [5.74, 6) is 0.818. The lowest BCUT2D eigenvalue weighted by Gasteiger charge is -2.34. The first-order valence-corrected chi connectivity index (χ1v) is 17.2. The van der Waals surface area contributed by atoms with Crippen LogP contribution in [-0.4, -0.2) is 87.9 Å². The number of hydrogen-bond donors (Lipinski definition) is 1. The molecule has 1 saturated carbocycles. The third-order valence-corrected chi connectivity index (χ3v) is 10.3. The molecule has 4 aromatic rings. The molecule has 0 unspecified atom stereocenters. The van der Waals surface area contributed by atoms with E-state index in [-0.39, 0.29) is 11.8 Å². The van der Waals surface area contributed by atoms with E-state index in [1.54, 1.807) is 20.1 Å². The van der Waals surface area contributed by atoms with Crippen LogP contribution < -0.4 is 10.1 Å². The van der Waals surface area contributed by atoms with E-state index >= 15 is 0 Å². The SMILES string of the molecule is COc1nc(-c2cccc(-c3cccc(NC(=O)c4nc5c(n4C4CC4)CCN(C)C5)c3Cl)c2Cl)ccc1CN1CCN(C(C)=O)CC1. The molecule has 2 fully saturated rings. The summed E-state index contributed by atoms with van der Waals surface area (Å²) in [5, 5.41) is 3.93. The second kappa shape index (κ2) is 13.5. The van der Waals surface area contributed by atoms with E-state index < -0.39 is 0 Å². The molecule has 2 aromatic heterocycles. The molecule has 2 amide bonds. The Hall–Kier alpha value is -3.96. The third-order valence-electron chi connectivity index (χ3n) is 9.51. The van der Waals surface area contributed by atoms with Gasteiger partial charge in [-0.15, -0.1) is 0 Å². The number of amides is 2. The van der Waals surface area contributed by atoms with Gasteiger partial charge in [0, 0.05) is 93.1 Å². The molecule has 2 aliphatic heterocycles. The number of aromatic nitrogens is 3. The Balaban J connectivity index is 1.13. The quantitative estimate of drug-likeness (QED) is 0.237. The van der Waals surface area contributed by atoms with Gasteiger partial charge in [0.2, 0.25) is 11.8 Å². The number of anilines is 1. The number of pyridine rings is 1. The number of rotatable bonds is 8. The van der Waals surface area contributed by atoms with Crippen molar-refractivity contribution in [1.82, 2.24) is 29.2 Å². The molecule has 3 aliphatic rings. The number of carbonyl (C=O) groups excluding carboxylic acids is 2. The fourth-order valence-electron chi connectivity index (χ4n) is 6.75. The fraction of sp³-hybridized carbons (Fsp3) is 0.389. The average Bonchev–Trinajstić information content (AvgIpc) is 3.86. The highest BCUT2D eigenvalue weighted by Gasteiger charge is 2.34. The number of likely N-dealkylation sites (N-methyl/N-ethyl adjacent to an activating group) is 1. The number of carbonyl (C=O) groups is 2. The Morgan fingerprint density at radius 2 is 1.62 bits per heavy atom. The maximum atomic E-state index is 13.7. The summed E-state index contributed by atoms with van der Waals surface area (Å²) in [6.07, 6.45) is 3.01. The summed E-state index contributed by atoms with van der Waals surface area (Å²) >= 11 is 14.1. The van der Waals surface area contributed by atoms with Crippen LogP contribution in [0.1, 0.15) is 53.4 Å². The number of benzene rings is 2. The van der Waals surface area contributed by atoms with Gasteiger partial charge in [-0.2, -0.15) is 0 Å². The van der Waals surface area contributed by atoms with Gasteiger partial charge in [-0.3, -0.25) is 14.5 Å². The Kier molecular flexibility index (Phi) is 9.17. The fourth-order valence-corrected chi connectivity index (χ4v) is 7.35. The van der Waals surface area contributed by atoms with Gasteiger partial charge in [0.15, 0.2) is 5.82 Å². The summed E-state index contributed by atoms with van der Waals surface area (Å²) in [6.45, 7) is 6.99. The van der Waals surface area contributed by atoms with Crippen molar-refractivity contribution < 1.29 is 14.3 Å². The Labute approximate surface area is 290 Å². The topological polar surface area (TPSA) is 95.8 Å². The highest BCUT2D eigenvalue weighted by atomic mass is 35.5. The summed E-state index contributed by atoms with van der Waals surface area (Å²) in [7, 11) is 3.69. The highest BCUT2D eigenvalue weighted by molar-refractivity contribution is 6.39. The second-order valence-electron chi connectivity index (χ2n) is 12.9. The molecule has 1 aliphatic carbocycles. The van der Waals surface area contributed by atoms with E-state index in [4.69, 9.17) is 37.9 Å². The molecule has 48 heavy (non-hydrogen) atoms. The first-order chi connectivity index (χ1) is 23.2. The van der Waals surface area contributed by atoms with E-state index in [1.165, 1.54) is 5.69 Å². The van der Waals surface area contributed by atoms with Crippen LogP contribution in [0, 0.1) is 0 Å². The molecule has 1 saturated heterocycles. The molecule has 10 nitrogen and oxygen atoms in total. The predicted molar refractivity (Wildman–Crippen MR) is 188 cm³/mol. The van der Waals surface area contributed by atoms with Gasteiger partial charge < -0.3 is 24.4 Å². The summed E-state index contributed by atoms with van der Waals surface area (Å²) in [5.41, 5.74) is 6.45. The standard InChI is InChI=1S/C36H39Cl2N7O3/c1-22(46)44-18-16-43(17-19-44)20-23-10-13-28(41-36(23)48-3)27-8-4-6-25(32(27)37)26-7-5-9-29(33(26)38)40-35(47)34-39-30-21-42(2)15-14-31(30)45(34)24-11-12-24/h4-10,13,24H,11-12,14-21H2,1-3H3,(H,40,47). The van der Waals surface area contributed by atoms with Crippen LogP contribution in [0.5, 0.6) is 5.88 Å². The number of fused-ring (bicyclic) bond motifs is 1. The van der Waals surface area contributed by atoms with Crippen LogP contribution in [0.2, 0.25) is 10.0 Å². The molecule has 4 heterocycles. The Morgan fingerprint density at radius 1 is 0.917 bits per heavy atom. The molecular weight excluding hydrogens is 649 g/mol. The van der Waals surface area contributed by atoms with Crippen molar-refractivity contribution in [2.24, 2.45) is 0 Å². The minimum Gasteiger partial charge on any atom is -0.481 e. The maximum absolute atomic E-state index is 13.7. The van der Waals surface area contributed by atoms with Crippen molar-refractivity contribution >= 4 is 40.7 Å². The van der Waals surface area contributed by atoms with Crippen molar-refractivity contribution in [1.29, 1.82) is 0 Å². The number of nitrogens with zero attached hydrogens (tertiary/aromatic N) is 6. The number of methoxy groups -OCH3 is 1. The summed E-state index contributed by atoms with van der Waals surface area (Å²) in [4.78, 5) is 41.5. The van der Waals surface area contributed by atoms with Crippen molar-refractivity contribution in [2.75, 3.05) is 52.2 Å². The van der Waals surface area contributed by atoms with Gasteiger partial charge in [0.1, 0.15) is 0 Å². The van der Waals surface area contributed by atoms with E-state index in [0.717, 1.165) is 67.8 Å². The summed E-state index contributed by atoms with van der Waals surface area (Å²) in [6, 6.07) is 15.6. The minimum absolute atomic E-state index is 0.110. The molecule has 0 bridgehead atoms. The Bertz CT molecular complexity index is 1880. The third kappa shape index (κ3) is 6.42. The number of hydrogen-bond acceptors (Lipinski definition) is 7. The molecule has 0 radical (unpaired) electrons. The number of halogens is 2. The van der Waals surface area contributed by atoms with Crippen molar-refractivity contribution in [3.05, 3.63) is 81.4 Å². The van der Waals surface area contributed by atoms with Crippen molar-refractivity contribution in [2.45, 2.75) is 45.3 Å². The summed E-state index contributed by atoms with van der Waals surface area (Å²) < 4.78 is 7.86. The normalized spacial score (nSPS) is 16.9. The predicted octanol–water partition coefficient (Wildman–Crippen LogP) is 6.17. The lowest BCUT2D eigenvalue weighted by molar-refractivity contribution is -0.130. The van der Waals surface area contributed by atoms with Crippen molar-refractivity contribution in [3.8, 4) is 28.3 Å². The van der Waals surface area contributed by atoms with Gasteiger partial charge in [0.05, 0.1) is 34.2 Å². The number of piperazine rings is 1. The van der Waals surface area contributed by atoms with Gasteiger partial charge in [0.25, 0.3) is 5.91 Å². The molecule has 12 heteroatoms. The maximum Gasteiger partial charge on any atom is 0.291 e. The molecule has 0 atom stereocenters. The van der Waals surface area contributed by atoms with Crippen LogP contribution in [0.15, 0.2) is 48.5 Å². The van der Waals surface area contributed by atoms with Crippen LogP contribution in [0.4, 0.5) is 5.69 Å². The monoisotopic (exact) mass is 687 g/mol. The van der Waals surface area contributed by atoms with Crippen molar-refractivity contribution in [3.63, 3.8) is 0 Å². The van der Waals surface area contributed by atoms with E-state index in [9.17, 15) is 9.59 Å². The zero-order valence-corrected chi connectivity index (χ0v) is 28.9. The molecule has 250 valence electrons. The van der Waals surface area contributed by atoms with Crippen LogP contribution in [0.3, 0.4) is 0 Å². The molecule has 7 rings (SSSR count). The number of imidazole rings is 1. The smallest absolute Gasteiger partial charge is 0.291 e. The van der Waals surface area contributed by atoms with Crippen LogP contribution in [-0.2, 0) is 24.3 Å². The minimum atomic E-state index is -0.269. The first kappa shape index (κ1) is 32.6. The zero-order valence-electron chi connectivity index (χ0n) is 27.4. The van der Waals surface area contributed by atoms with E-state index in [2.05, 4.69) is 26.7 Å². The van der Waals surface area contributed by atoms with E-state index in [1.807, 2.05) is 47.4 Å².